The average Bonchev–Trinajstić information content (AvgIpc) is 2.79. The third-order valence-electron chi connectivity index (χ3n) is 3.32. The highest BCUT2D eigenvalue weighted by atomic mass is 32.1. The van der Waals surface area contributed by atoms with Crippen LogP contribution in [0.4, 0.5) is 0 Å². The Morgan fingerprint density at radius 2 is 2.00 bits per heavy atom. The van der Waals surface area contributed by atoms with Crippen LogP contribution in [-0.2, 0) is 0 Å². The summed E-state index contributed by atoms with van der Waals surface area (Å²) in [6.07, 6.45) is 0. The van der Waals surface area contributed by atoms with Gasteiger partial charge in [0.25, 0.3) is 11.5 Å². The minimum absolute atomic E-state index is 0.0502. The van der Waals surface area contributed by atoms with Crippen LogP contribution in [0.25, 0.3) is 0 Å². The Morgan fingerprint density at radius 1 is 1.35 bits per heavy atom. The minimum atomic E-state index is -1.05. The summed E-state index contributed by atoms with van der Waals surface area (Å²) in [6, 6.07) is 1.22. The van der Waals surface area contributed by atoms with Crippen molar-refractivity contribution in [2.45, 2.75) is 33.7 Å². The zero-order valence-corrected chi connectivity index (χ0v) is 14.0. The van der Waals surface area contributed by atoms with Crippen LogP contribution in [0.5, 0.6) is 0 Å². The van der Waals surface area contributed by atoms with Crippen molar-refractivity contribution in [1.82, 2.24) is 15.3 Å². The number of rotatable bonds is 4. The molecule has 1 amide bonds. The number of aromatic amines is 1. The number of hydrogen-bond acceptors (Lipinski definition) is 5. The molecule has 2 aromatic heterocycles. The number of nitrogens with one attached hydrogen (secondary N) is 2. The lowest BCUT2D eigenvalue weighted by molar-refractivity contribution is 0.0701. The number of aromatic carboxylic acids is 1. The van der Waals surface area contributed by atoms with Gasteiger partial charge in [0, 0.05) is 5.69 Å². The van der Waals surface area contributed by atoms with E-state index in [2.05, 4.69) is 15.3 Å². The third kappa shape index (κ3) is 3.48. The van der Waals surface area contributed by atoms with Crippen LogP contribution >= 0.6 is 11.3 Å². The van der Waals surface area contributed by atoms with Crippen molar-refractivity contribution >= 4 is 23.2 Å². The number of thiazole rings is 1. The second kappa shape index (κ2) is 6.33. The topological polar surface area (TPSA) is 112 Å². The molecule has 122 valence electrons. The molecule has 7 nitrogen and oxygen atoms in total. The number of hydrogen-bond donors (Lipinski definition) is 3. The number of carbonyl (C=O) groups excluding carboxylic acids is 1. The standard InChI is InChI=1S/C15H17N3O4S/c1-6-5-7(2)16-12(19)10(6)13(20)17-9(4)14-18-8(3)11(23-14)15(21)22/h5,9H,1-4H3,(H,16,19)(H,17,20)(H,21,22). The van der Waals surface area contributed by atoms with Crippen LogP contribution in [0.15, 0.2) is 10.9 Å². The largest absolute Gasteiger partial charge is 0.477 e. The summed E-state index contributed by atoms with van der Waals surface area (Å²) in [6.45, 7) is 6.73. The molecule has 0 spiro atoms. The Balaban J connectivity index is 2.25. The van der Waals surface area contributed by atoms with E-state index in [1.807, 2.05) is 0 Å². The number of aromatic nitrogens is 2. The molecule has 8 heteroatoms. The zero-order chi connectivity index (χ0) is 17.3. The molecule has 23 heavy (non-hydrogen) atoms. The molecule has 0 aliphatic carbocycles. The molecule has 1 unspecified atom stereocenters. The predicted octanol–water partition coefficient (Wildman–Crippen LogP) is 1.95. The van der Waals surface area contributed by atoms with Gasteiger partial charge in [0.2, 0.25) is 0 Å². The summed E-state index contributed by atoms with van der Waals surface area (Å²) >= 11 is 1.01. The summed E-state index contributed by atoms with van der Waals surface area (Å²) in [7, 11) is 0. The first-order valence-electron chi connectivity index (χ1n) is 6.92. The first-order chi connectivity index (χ1) is 10.7. The molecule has 2 aromatic rings. The fraction of sp³-hybridized carbons (Fsp3) is 0.333. The number of carbonyl (C=O) groups is 2. The molecule has 0 fully saturated rings. The van der Waals surface area contributed by atoms with Gasteiger partial charge >= 0.3 is 5.97 Å². The molecule has 0 aliphatic rings. The van der Waals surface area contributed by atoms with Gasteiger partial charge in [-0.2, -0.15) is 0 Å². The van der Waals surface area contributed by atoms with E-state index in [9.17, 15) is 14.4 Å². The van der Waals surface area contributed by atoms with Crippen molar-refractivity contribution in [3.05, 3.63) is 48.8 Å². The lowest BCUT2D eigenvalue weighted by Gasteiger charge is -2.12. The van der Waals surface area contributed by atoms with E-state index in [1.54, 1.807) is 33.8 Å². The van der Waals surface area contributed by atoms with E-state index in [0.29, 0.717) is 22.0 Å². The van der Waals surface area contributed by atoms with E-state index in [-0.39, 0.29) is 10.4 Å². The summed E-state index contributed by atoms with van der Waals surface area (Å²) in [5.74, 6) is -1.56. The zero-order valence-electron chi connectivity index (χ0n) is 13.2. The number of amides is 1. The molecule has 0 saturated carbocycles. The van der Waals surface area contributed by atoms with Crippen LogP contribution in [-0.4, -0.2) is 27.0 Å². The number of pyridine rings is 1. The summed E-state index contributed by atoms with van der Waals surface area (Å²) in [5.41, 5.74) is 1.27. The van der Waals surface area contributed by atoms with Gasteiger partial charge in [0.1, 0.15) is 15.4 Å². The van der Waals surface area contributed by atoms with Crippen LogP contribution in [0.3, 0.4) is 0 Å². The fourth-order valence-corrected chi connectivity index (χ4v) is 3.18. The normalized spacial score (nSPS) is 12.0. The SMILES string of the molecule is Cc1cc(C)c(C(=O)NC(C)c2nc(C)c(C(=O)O)s2)c(=O)[nH]1. The number of aryl methyl sites for hydroxylation is 3. The maximum absolute atomic E-state index is 12.3. The Hall–Kier alpha value is -2.48. The number of carboxylic acids is 1. The monoisotopic (exact) mass is 335 g/mol. The second-order valence-corrected chi connectivity index (χ2v) is 6.34. The minimum Gasteiger partial charge on any atom is -0.477 e. The molecule has 0 saturated heterocycles. The summed E-state index contributed by atoms with van der Waals surface area (Å²) in [5, 5.41) is 12.2. The maximum atomic E-state index is 12.3. The molecular formula is C15H17N3O4S. The third-order valence-corrected chi connectivity index (χ3v) is 4.65. The second-order valence-electron chi connectivity index (χ2n) is 5.31. The van der Waals surface area contributed by atoms with Gasteiger partial charge in [-0.25, -0.2) is 9.78 Å². The summed E-state index contributed by atoms with van der Waals surface area (Å²) < 4.78 is 0. The predicted molar refractivity (Wildman–Crippen MR) is 86.2 cm³/mol. The molecule has 1 atom stereocenters. The van der Waals surface area contributed by atoms with E-state index in [1.165, 1.54) is 0 Å². The van der Waals surface area contributed by atoms with Gasteiger partial charge in [-0.3, -0.25) is 9.59 Å². The van der Waals surface area contributed by atoms with E-state index >= 15 is 0 Å². The maximum Gasteiger partial charge on any atom is 0.347 e. The van der Waals surface area contributed by atoms with Crippen LogP contribution < -0.4 is 10.9 Å². The van der Waals surface area contributed by atoms with Crippen LogP contribution in [0, 0.1) is 20.8 Å². The molecule has 0 radical (unpaired) electrons. The van der Waals surface area contributed by atoms with Gasteiger partial charge in [-0.1, -0.05) is 0 Å². The van der Waals surface area contributed by atoms with Crippen molar-refractivity contribution < 1.29 is 14.7 Å². The summed E-state index contributed by atoms with van der Waals surface area (Å²) in [4.78, 5) is 42.3. The molecule has 0 bridgehead atoms. The van der Waals surface area contributed by atoms with Gasteiger partial charge < -0.3 is 15.4 Å². The van der Waals surface area contributed by atoms with Gasteiger partial charge in [0.05, 0.1) is 11.7 Å². The molecule has 0 aliphatic heterocycles. The number of nitrogens with zero attached hydrogens (tertiary/aromatic N) is 1. The quantitative estimate of drug-likeness (QED) is 0.790. The van der Waals surface area contributed by atoms with Gasteiger partial charge in [-0.05, 0) is 39.3 Å². The van der Waals surface area contributed by atoms with Crippen molar-refractivity contribution in [3.8, 4) is 0 Å². The Bertz CT molecular complexity index is 838. The van der Waals surface area contributed by atoms with Crippen molar-refractivity contribution in [2.24, 2.45) is 0 Å². The van der Waals surface area contributed by atoms with E-state index in [4.69, 9.17) is 5.11 Å². The Kier molecular flexibility index (Phi) is 4.65. The molecule has 2 heterocycles. The smallest absolute Gasteiger partial charge is 0.347 e. The molecule has 0 aromatic carbocycles. The van der Waals surface area contributed by atoms with E-state index < -0.39 is 23.5 Å². The highest BCUT2D eigenvalue weighted by molar-refractivity contribution is 7.13. The van der Waals surface area contributed by atoms with E-state index in [0.717, 1.165) is 11.3 Å². The van der Waals surface area contributed by atoms with Crippen molar-refractivity contribution in [2.75, 3.05) is 0 Å². The number of carboxylic acid groups (broad SMARTS) is 1. The first-order valence-corrected chi connectivity index (χ1v) is 7.74. The highest BCUT2D eigenvalue weighted by Gasteiger charge is 2.21. The Morgan fingerprint density at radius 3 is 2.52 bits per heavy atom. The first kappa shape index (κ1) is 16.9. The van der Waals surface area contributed by atoms with Crippen LogP contribution in [0.1, 0.15) is 55.0 Å². The lowest BCUT2D eigenvalue weighted by Crippen LogP contribution is -2.32. The lowest BCUT2D eigenvalue weighted by atomic mass is 10.1. The van der Waals surface area contributed by atoms with Gasteiger partial charge in [0.15, 0.2) is 0 Å². The average molecular weight is 335 g/mol. The molecule has 2 rings (SSSR count). The number of H-pyrrole nitrogens is 1. The van der Waals surface area contributed by atoms with Crippen molar-refractivity contribution in [3.63, 3.8) is 0 Å². The highest BCUT2D eigenvalue weighted by Crippen LogP contribution is 2.23. The van der Waals surface area contributed by atoms with Crippen molar-refractivity contribution in [1.29, 1.82) is 0 Å². The molecular weight excluding hydrogens is 318 g/mol. The van der Waals surface area contributed by atoms with Gasteiger partial charge in [-0.15, -0.1) is 11.3 Å². The Labute approximate surface area is 136 Å². The fourth-order valence-electron chi connectivity index (χ4n) is 2.27. The van der Waals surface area contributed by atoms with Crippen LogP contribution in [0.2, 0.25) is 0 Å². The molecule has 3 N–H and O–H groups in total.